The first-order valence-electron chi connectivity index (χ1n) is 7.87. The molecule has 2 amide bonds. The molecule has 118 valence electrons. The van der Waals surface area contributed by atoms with Gasteiger partial charge < -0.3 is 15.1 Å². The number of carbonyl (C=O) groups is 1. The Labute approximate surface area is 134 Å². The summed E-state index contributed by atoms with van der Waals surface area (Å²) >= 11 is 0. The molecule has 0 bridgehead atoms. The molecule has 0 spiro atoms. The number of anilines is 2. The fraction of sp³-hybridized carbons (Fsp3) is 0.278. The normalized spacial score (nSPS) is 16.9. The zero-order valence-corrected chi connectivity index (χ0v) is 12.7. The highest BCUT2D eigenvalue weighted by atomic mass is 19.1. The number of likely N-dealkylation sites (tertiary alicyclic amines) is 1. The number of hydrogen-bond acceptors (Lipinski definition) is 2. The van der Waals surface area contributed by atoms with Crippen molar-refractivity contribution in [3.63, 3.8) is 0 Å². The van der Waals surface area contributed by atoms with Crippen LogP contribution >= 0.6 is 0 Å². The van der Waals surface area contributed by atoms with Gasteiger partial charge in [-0.1, -0.05) is 24.3 Å². The molecule has 0 atom stereocenters. The summed E-state index contributed by atoms with van der Waals surface area (Å²) in [6.45, 7) is 2.42. The topological polar surface area (TPSA) is 35.6 Å². The Kier molecular flexibility index (Phi) is 3.41. The number of halogens is 1. The molecular weight excluding hydrogens is 293 g/mol. The number of carbonyl (C=O) groups excluding carboxylic acids is 1. The van der Waals surface area contributed by atoms with Crippen LogP contribution in [0.2, 0.25) is 0 Å². The van der Waals surface area contributed by atoms with Crippen LogP contribution in [0.25, 0.3) is 0 Å². The van der Waals surface area contributed by atoms with Crippen LogP contribution in [0.1, 0.15) is 5.56 Å². The molecule has 2 heterocycles. The number of para-hydroxylation sites is 1. The molecule has 0 saturated carbocycles. The largest absolute Gasteiger partial charge is 0.364 e. The summed E-state index contributed by atoms with van der Waals surface area (Å²) in [7, 11) is 0. The van der Waals surface area contributed by atoms with Gasteiger partial charge in [0.2, 0.25) is 0 Å². The van der Waals surface area contributed by atoms with Crippen molar-refractivity contribution in [1.82, 2.24) is 4.90 Å². The first kappa shape index (κ1) is 14.1. The molecule has 2 aliphatic rings. The fourth-order valence-corrected chi connectivity index (χ4v) is 3.33. The second-order valence-corrected chi connectivity index (χ2v) is 6.07. The minimum absolute atomic E-state index is 0.167. The maximum atomic E-state index is 13.2. The Balaban J connectivity index is 1.36. The molecule has 2 aromatic carbocycles. The Morgan fingerprint density at radius 1 is 1.13 bits per heavy atom. The van der Waals surface area contributed by atoms with Crippen LogP contribution in [0.3, 0.4) is 0 Å². The lowest BCUT2D eigenvalue weighted by atomic mass is 10.1. The summed E-state index contributed by atoms with van der Waals surface area (Å²) in [6, 6.07) is 14.6. The van der Waals surface area contributed by atoms with Crippen molar-refractivity contribution < 1.29 is 9.18 Å². The fourth-order valence-electron chi connectivity index (χ4n) is 3.33. The molecule has 1 N–H and O–H groups in total. The maximum Gasteiger partial charge on any atom is 0.321 e. The van der Waals surface area contributed by atoms with E-state index >= 15 is 0 Å². The Hall–Kier alpha value is -2.56. The van der Waals surface area contributed by atoms with Crippen LogP contribution in [0, 0.1) is 5.82 Å². The highest BCUT2D eigenvalue weighted by molar-refractivity contribution is 5.90. The van der Waals surface area contributed by atoms with Crippen molar-refractivity contribution in [2.45, 2.75) is 12.5 Å². The molecule has 4 nitrogen and oxygen atoms in total. The maximum absolute atomic E-state index is 13.2. The Morgan fingerprint density at radius 2 is 1.96 bits per heavy atom. The van der Waals surface area contributed by atoms with Crippen LogP contribution in [0.15, 0.2) is 48.5 Å². The van der Waals surface area contributed by atoms with Gasteiger partial charge in [-0.2, -0.15) is 0 Å². The SMILES string of the molecule is O=C(Nc1cccc(F)c1)N1CC(N2CCc3ccccc32)C1. The summed E-state index contributed by atoms with van der Waals surface area (Å²) in [5.41, 5.74) is 3.17. The first-order chi connectivity index (χ1) is 11.2. The van der Waals surface area contributed by atoms with Gasteiger partial charge in [-0.3, -0.25) is 0 Å². The van der Waals surface area contributed by atoms with E-state index in [2.05, 4.69) is 34.5 Å². The van der Waals surface area contributed by atoms with Gasteiger partial charge in [-0.15, -0.1) is 0 Å². The predicted octanol–water partition coefficient (Wildman–Crippen LogP) is 3.10. The van der Waals surface area contributed by atoms with Gasteiger partial charge in [0, 0.05) is 31.0 Å². The second kappa shape index (κ2) is 5.57. The summed E-state index contributed by atoms with van der Waals surface area (Å²) in [5.74, 6) is -0.349. The van der Waals surface area contributed by atoms with E-state index in [0.29, 0.717) is 24.8 Å². The number of nitrogens with zero attached hydrogens (tertiary/aromatic N) is 2. The van der Waals surface area contributed by atoms with Gasteiger partial charge in [-0.05, 0) is 36.2 Å². The molecule has 4 rings (SSSR count). The standard InChI is InChI=1S/C18H18FN3O/c19-14-5-3-6-15(10-14)20-18(23)21-11-16(12-21)22-9-8-13-4-1-2-7-17(13)22/h1-7,10,16H,8-9,11-12H2,(H,20,23). The number of urea groups is 1. The summed E-state index contributed by atoms with van der Waals surface area (Å²) in [4.78, 5) is 16.3. The third-order valence-electron chi connectivity index (χ3n) is 4.59. The zero-order valence-electron chi connectivity index (χ0n) is 12.7. The van der Waals surface area contributed by atoms with Crippen LogP contribution in [-0.2, 0) is 6.42 Å². The van der Waals surface area contributed by atoms with Crippen molar-refractivity contribution in [2.24, 2.45) is 0 Å². The quantitative estimate of drug-likeness (QED) is 0.925. The van der Waals surface area contributed by atoms with E-state index in [9.17, 15) is 9.18 Å². The molecule has 2 aromatic rings. The lowest BCUT2D eigenvalue weighted by Crippen LogP contribution is -2.61. The highest BCUT2D eigenvalue weighted by Crippen LogP contribution is 2.32. The molecule has 0 radical (unpaired) electrons. The van der Waals surface area contributed by atoms with E-state index in [-0.39, 0.29) is 11.8 Å². The molecule has 0 unspecified atom stereocenters. The highest BCUT2D eigenvalue weighted by Gasteiger charge is 2.37. The Morgan fingerprint density at radius 3 is 2.78 bits per heavy atom. The molecular formula is C18H18FN3O. The van der Waals surface area contributed by atoms with Gasteiger partial charge in [0.1, 0.15) is 5.82 Å². The molecule has 0 aliphatic carbocycles. The van der Waals surface area contributed by atoms with Crippen LogP contribution in [-0.4, -0.2) is 36.6 Å². The van der Waals surface area contributed by atoms with Gasteiger partial charge >= 0.3 is 6.03 Å². The molecule has 0 aromatic heterocycles. The number of nitrogens with one attached hydrogen (secondary N) is 1. The lowest BCUT2D eigenvalue weighted by Gasteiger charge is -2.45. The predicted molar refractivity (Wildman–Crippen MR) is 88.3 cm³/mol. The van der Waals surface area contributed by atoms with Crippen molar-refractivity contribution >= 4 is 17.4 Å². The van der Waals surface area contributed by atoms with Gasteiger partial charge in [0.25, 0.3) is 0 Å². The smallest absolute Gasteiger partial charge is 0.321 e. The van der Waals surface area contributed by atoms with Crippen molar-refractivity contribution in [2.75, 3.05) is 29.9 Å². The molecule has 1 fully saturated rings. The number of amides is 2. The van der Waals surface area contributed by atoms with Gasteiger partial charge in [0.05, 0.1) is 6.04 Å². The molecule has 5 heteroatoms. The van der Waals surface area contributed by atoms with Crippen molar-refractivity contribution in [1.29, 1.82) is 0 Å². The molecule has 1 saturated heterocycles. The number of benzene rings is 2. The average Bonchev–Trinajstić information content (AvgIpc) is 2.90. The minimum Gasteiger partial charge on any atom is -0.364 e. The summed E-state index contributed by atoms with van der Waals surface area (Å²) in [5, 5.41) is 2.74. The van der Waals surface area contributed by atoms with E-state index in [1.54, 1.807) is 17.0 Å². The molecule has 23 heavy (non-hydrogen) atoms. The number of fused-ring (bicyclic) bond motifs is 1. The first-order valence-corrected chi connectivity index (χ1v) is 7.87. The van der Waals surface area contributed by atoms with E-state index in [1.165, 1.54) is 23.4 Å². The third-order valence-corrected chi connectivity index (χ3v) is 4.59. The van der Waals surface area contributed by atoms with E-state index < -0.39 is 0 Å². The van der Waals surface area contributed by atoms with Crippen molar-refractivity contribution in [3.05, 3.63) is 59.9 Å². The lowest BCUT2D eigenvalue weighted by molar-refractivity contribution is 0.162. The molecule has 2 aliphatic heterocycles. The van der Waals surface area contributed by atoms with Crippen LogP contribution in [0.4, 0.5) is 20.6 Å². The van der Waals surface area contributed by atoms with Crippen LogP contribution in [0.5, 0.6) is 0 Å². The van der Waals surface area contributed by atoms with E-state index in [1.807, 2.05) is 0 Å². The van der Waals surface area contributed by atoms with Crippen LogP contribution < -0.4 is 10.2 Å². The van der Waals surface area contributed by atoms with E-state index in [0.717, 1.165) is 13.0 Å². The minimum atomic E-state index is -0.349. The summed E-state index contributed by atoms with van der Waals surface area (Å²) < 4.78 is 13.2. The number of rotatable bonds is 2. The van der Waals surface area contributed by atoms with Gasteiger partial charge in [-0.25, -0.2) is 9.18 Å². The second-order valence-electron chi connectivity index (χ2n) is 6.07. The zero-order chi connectivity index (χ0) is 15.8. The summed E-state index contributed by atoms with van der Waals surface area (Å²) in [6.07, 6.45) is 1.07. The number of hydrogen-bond donors (Lipinski definition) is 1. The third kappa shape index (κ3) is 2.63. The average molecular weight is 311 g/mol. The monoisotopic (exact) mass is 311 g/mol. The Bertz CT molecular complexity index is 743. The van der Waals surface area contributed by atoms with E-state index in [4.69, 9.17) is 0 Å². The van der Waals surface area contributed by atoms with Gasteiger partial charge in [0.15, 0.2) is 0 Å². The van der Waals surface area contributed by atoms with Crippen molar-refractivity contribution in [3.8, 4) is 0 Å².